The molecule has 3 heterocycles. The Morgan fingerprint density at radius 3 is 2.52 bits per heavy atom. The van der Waals surface area contributed by atoms with E-state index in [-0.39, 0.29) is 35.8 Å². The number of hydrogen-bond acceptors (Lipinski definition) is 7. The molecule has 216 valence electrons. The molecule has 1 amide bonds. The van der Waals surface area contributed by atoms with E-state index in [4.69, 9.17) is 9.47 Å². The number of aliphatic hydroxyl groups excluding tert-OH is 1. The number of ether oxygens (including phenoxy) is 2. The molecule has 2 fully saturated rings. The minimum atomic E-state index is -1.27. The Kier molecular flexibility index (Phi) is 6.87. The van der Waals surface area contributed by atoms with Crippen LogP contribution in [-0.2, 0) is 4.79 Å². The van der Waals surface area contributed by atoms with Crippen molar-refractivity contribution in [3.05, 3.63) is 77.7 Å². The van der Waals surface area contributed by atoms with E-state index in [9.17, 15) is 19.1 Å². The fraction of sp³-hybridized carbons (Fsp3) is 0.344. The Balaban J connectivity index is 1.08. The van der Waals surface area contributed by atoms with Gasteiger partial charge >= 0.3 is 0 Å². The molecule has 0 spiro atoms. The van der Waals surface area contributed by atoms with E-state index in [2.05, 4.69) is 26.1 Å². The third-order valence-corrected chi connectivity index (χ3v) is 8.24. The average Bonchev–Trinajstić information content (AvgIpc) is 3.75. The molecule has 1 saturated carbocycles. The van der Waals surface area contributed by atoms with Crippen LogP contribution in [0.25, 0.3) is 22.0 Å². The molecular formula is C32H31FN4O5. The van der Waals surface area contributed by atoms with Crippen molar-refractivity contribution in [2.24, 2.45) is 0 Å². The number of rotatable bonds is 9. The second kappa shape index (κ2) is 10.8. The van der Waals surface area contributed by atoms with E-state index in [1.54, 1.807) is 12.1 Å². The predicted octanol–water partition coefficient (Wildman–Crippen LogP) is 4.06. The maximum absolute atomic E-state index is 14.7. The monoisotopic (exact) mass is 570 g/mol. The van der Waals surface area contributed by atoms with Gasteiger partial charge in [-0.2, -0.15) is 5.10 Å². The summed E-state index contributed by atoms with van der Waals surface area (Å²) in [6.07, 6.45) is 3.91. The van der Waals surface area contributed by atoms with E-state index in [0.29, 0.717) is 12.6 Å². The Morgan fingerprint density at radius 1 is 1.02 bits per heavy atom. The van der Waals surface area contributed by atoms with E-state index in [1.165, 1.54) is 12.1 Å². The number of Topliss-reactive ketones (excluding diaryl/α,β-unsaturated/α-hetero) is 1. The van der Waals surface area contributed by atoms with Crippen molar-refractivity contribution in [1.29, 1.82) is 0 Å². The molecule has 2 aliphatic heterocycles. The van der Waals surface area contributed by atoms with Crippen LogP contribution >= 0.6 is 0 Å². The molecule has 9 nitrogen and oxygen atoms in total. The minimum absolute atomic E-state index is 0.00705. The molecule has 1 saturated heterocycles. The number of nitrogens with zero attached hydrogens (tertiary/aromatic N) is 3. The molecule has 3 aliphatic rings. The molecule has 7 rings (SSSR count). The lowest BCUT2D eigenvalue weighted by molar-refractivity contribution is -0.118. The highest BCUT2D eigenvalue weighted by Crippen LogP contribution is 2.38. The third-order valence-electron chi connectivity index (χ3n) is 8.24. The van der Waals surface area contributed by atoms with E-state index in [1.807, 2.05) is 30.5 Å². The summed E-state index contributed by atoms with van der Waals surface area (Å²) < 4.78 is 27.6. The van der Waals surface area contributed by atoms with Crippen molar-refractivity contribution >= 4 is 22.6 Å². The Labute approximate surface area is 241 Å². The molecular weight excluding hydrogens is 539 g/mol. The van der Waals surface area contributed by atoms with Gasteiger partial charge in [0, 0.05) is 17.5 Å². The molecule has 2 atom stereocenters. The summed E-state index contributed by atoms with van der Waals surface area (Å²) in [5.41, 5.74) is 3.48. The number of likely N-dealkylation sites (tertiary alicyclic amines) is 1. The zero-order valence-corrected chi connectivity index (χ0v) is 23.0. The highest BCUT2D eigenvalue weighted by molar-refractivity contribution is 6.42. The number of aromatic nitrogens is 2. The van der Waals surface area contributed by atoms with Crippen molar-refractivity contribution in [3.63, 3.8) is 0 Å². The fourth-order valence-electron chi connectivity index (χ4n) is 5.61. The van der Waals surface area contributed by atoms with Gasteiger partial charge in [-0.1, -0.05) is 36.4 Å². The van der Waals surface area contributed by atoms with Crippen LogP contribution in [0.1, 0.15) is 47.3 Å². The van der Waals surface area contributed by atoms with Crippen molar-refractivity contribution in [2.45, 2.75) is 37.5 Å². The third kappa shape index (κ3) is 5.12. The molecule has 10 heteroatoms. The van der Waals surface area contributed by atoms with Crippen molar-refractivity contribution in [2.75, 3.05) is 32.8 Å². The lowest BCUT2D eigenvalue weighted by atomic mass is 9.98. The van der Waals surface area contributed by atoms with Crippen molar-refractivity contribution in [1.82, 2.24) is 20.0 Å². The second-order valence-corrected chi connectivity index (χ2v) is 11.2. The Morgan fingerprint density at radius 2 is 1.79 bits per heavy atom. The summed E-state index contributed by atoms with van der Waals surface area (Å²) >= 11 is 0. The molecule has 1 aliphatic carbocycles. The first kappa shape index (κ1) is 26.6. The highest BCUT2D eigenvalue weighted by Gasteiger charge is 2.31. The van der Waals surface area contributed by atoms with Crippen LogP contribution in [0.3, 0.4) is 0 Å². The molecule has 4 aromatic rings. The van der Waals surface area contributed by atoms with Gasteiger partial charge in [0.25, 0.3) is 5.91 Å². The first-order chi connectivity index (χ1) is 20.4. The predicted molar refractivity (Wildman–Crippen MR) is 153 cm³/mol. The van der Waals surface area contributed by atoms with Gasteiger partial charge in [0.05, 0.1) is 23.8 Å². The largest absolute Gasteiger partial charge is 0.486 e. The molecule has 0 radical (unpaired) electrons. The SMILES string of the molecule is O=C(NC(CN1CCC1)C(O)c1cc(F)c2c(c1)OCCO2)C(=O)c1ccc(-c2ccc3cnn(C4CC4)c3c2)cc1. The molecule has 2 N–H and O–H groups in total. The number of aliphatic hydroxyl groups is 1. The van der Waals surface area contributed by atoms with Crippen molar-refractivity contribution in [3.8, 4) is 22.6 Å². The molecule has 42 heavy (non-hydrogen) atoms. The van der Waals surface area contributed by atoms with E-state index in [0.717, 1.165) is 54.4 Å². The first-order valence-electron chi connectivity index (χ1n) is 14.4. The van der Waals surface area contributed by atoms with Gasteiger partial charge in [-0.05, 0) is 67.2 Å². The van der Waals surface area contributed by atoms with E-state index < -0.39 is 29.7 Å². The average molecular weight is 571 g/mol. The molecule has 3 aromatic carbocycles. The second-order valence-electron chi connectivity index (χ2n) is 11.2. The fourth-order valence-corrected chi connectivity index (χ4v) is 5.61. The van der Waals surface area contributed by atoms with Gasteiger partial charge in [0.15, 0.2) is 17.3 Å². The topological polar surface area (TPSA) is 106 Å². The van der Waals surface area contributed by atoms with Gasteiger partial charge in [-0.15, -0.1) is 0 Å². The Bertz CT molecular complexity index is 1660. The van der Waals surface area contributed by atoms with Crippen molar-refractivity contribution < 1.29 is 28.6 Å². The smallest absolute Gasteiger partial charge is 0.292 e. The number of fused-ring (bicyclic) bond motifs is 2. The summed E-state index contributed by atoms with van der Waals surface area (Å²) in [5.74, 6) is -1.98. The lowest BCUT2D eigenvalue weighted by Gasteiger charge is -2.36. The normalized spacial score (nSPS) is 17.9. The molecule has 0 bridgehead atoms. The number of amides is 1. The number of carbonyl (C=O) groups excluding carboxylic acids is 2. The van der Waals surface area contributed by atoms with Gasteiger partial charge in [-0.25, -0.2) is 4.39 Å². The standard InChI is InChI=1S/C32H31FN4O5/c33-25-14-23(16-28-31(25)42-13-12-41-28)29(38)26(18-36-10-1-11-36)35-32(40)30(39)20-4-2-19(3-5-20)21-6-7-22-17-34-37(24-8-9-24)27(22)15-21/h2-7,14-17,24,26,29,38H,1,8-13,18H2,(H,35,40). The summed E-state index contributed by atoms with van der Waals surface area (Å²) in [5, 5.41) is 19.6. The molecule has 1 aromatic heterocycles. The van der Waals surface area contributed by atoms with Crippen LogP contribution in [0.5, 0.6) is 11.5 Å². The number of carbonyl (C=O) groups is 2. The maximum Gasteiger partial charge on any atom is 0.292 e. The van der Waals surface area contributed by atoms with Crippen LogP contribution in [0.15, 0.2) is 60.8 Å². The minimum Gasteiger partial charge on any atom is -0.486 e. The van der Waals surface area contributed by atoms with Gasteiger partial charge in [0.1, 0.15) is 19.3 Å². The zero-order valence-electron chi connectivity index (χ0n) is 23.0. The number of hydrogen-bond donors (Lipinski definition) is 2. The first-order valence-corrected chi connectivity index (χ1v) is 14.4. The number of ketones is 1. The van der Waals surface area contributed by atoms with Crippen LogP contribution < -0.4 is 14.8 Å². The number of benzene rings is 3. The zero-order chi connectivity index (χ0) is 28.8. The van der Waals surface area contributed by atoms with Gasteiger partial charge in [-0.3, -0.25) is 14.3 Å². The van der Waals surface area contributed by atoms with Crippen LogP contribution in [-0.4, -0.2) is 70.4 Å². The van der Waals surface area contributed by atoms with Crippen LogP contribution in [0.2, 0.25) is 0 Å². The highest BCUT2D eigenvalue weighted by atomic mass is 19.1. The summed E-state index contributed by atoms with van der Waals surface area (Å²) in [4.78, 5) is 28.4. The van der Waals surface area contributed by atoms with E-state index >= 15 is 0 Å². The van der Waals surface area contributed by atoms with Gasteiger partial charge in [0.2, 0.25) is 5.78 Å². The quantitative estimate of drug-likeness (QED) is 0.231. The number of nitrogens with one attached hydrogen (secondary N) is 1. The van der Waals surface area contributed by atoms with Crippen LogP contribution in [0, 0.1) is 5.82 Å². The number of halogens is 1. The maximum atomic E-state index is 14.7. The molecule has 2 unspecified atom stereocenters. The van der Waals surface area contributed by atoms with Gasteiger partial charge < -0.3 is 24.8 Å². The lowest BCUT2D eigenvalue weighted by Crippen LogP contribution is -2.52. The van der Waals surface area contributed by atoms with Crippen LogP contribution in [0.4, 0.5) is 4.39 Å². The Hall–Kier alpha value is -4.28. The summed E-state index contributed by atoms with van der Waals surface area (Å²) in [6.45, 7) is 2.46. The summed E-state index contributed by atoms with van der Waals surface area (Å²) in [7, 11) is 0. The summed E-state index contributed by atoms with van der Waals surface area (Å²) in [6, 6.07) is 15.4.